The molecular formula is C13H17N3O2. The van der Waals surface area contributed by atoms with Crippen molar-refractivity contribution in [2.45, 2.75) is 6.54 Å². The molecule has 0 fully saturated rings. The maximum absolute atomic E-state index is 5.34. The summed E-state index contributed by atoms with van der Waals surface area (Å²) in [6.07, 6.45) is 1.90. The zero-order valence-electron chi connectivity index (χ0n) is 10.8. The van der Waals surface area contributed by atoms with Gasteiger partial charge in [0.2, 0.25) is 0 Å². The van der Waals surface area contributed by atoms with E-state index in [-0.39, 0.29) is 0 Å². The van der Waals surface area contributed by atoms with Crippen LogP contribution < -0.4 is 14.8 Å². The van der Waals surface area contributed by atoms with Gasteiger partial charge < -0.3 is 14.8 Å². The summed E-state index contributed by atoms with van der Waals surface area (Å²) in [5, 5.41) is 7.50. The van der Waals surface area contributed by atoms with Crippen LogP contribution in [0.4, 0.5) is 5.82 Å². The van der Waals surface area contributed by atoms with Crippen LogP contribution in [0.5, 0.6) is 11.5 Å². The SMILES string of the molecule is COc1ccc(CNc2ccn(C)n2)c(OC)c1. The van der Waals surface area contributed by atoms with E-state index in [2.05, 4.69) is 10.4 Å². The van der Waals surface area contributed by atoms with E-state index in [9.17, 15) is 0 Å². The molecule has 0 aliphatic rings. The molecule has 0 atom stereocenters. The van der Waals surface area contributed by atoms with Crippen LogP contribution in [0.3, 0.4) is 0 Å². The minimum atomic E-state index is 0.657. The number of benzene rings is 1. The number of anilines is 1. The van der Waals surface area contributed by atoms with Gasteiger partial charge >= 0.3 is 0 Å². The van der Waals surface area contributed by atoms with Gasteiger partial charge in [0.15, 0.2) is 0 Å². The second-order valence-corrected chi connectivity index (χ2v) is 3.91. The third-order valence-corrected chi connectivity index (χ3v) is 2.67. The molecule has 0 aliphatic carbocycles. The molecule has 0 saturated carbocycles. The van der Waals surface area contributed by atoms with Gasteiger partial charge in [0.25, 0.3) is 0 Å². The van der Waals surface area contributed by atoms with Crippen LogP contribution in [0.25, 0.3) is 0 Å². The van der Waals surface area contributed by atoms with Crippen molar-refractivity contribution in [1.29, 1.82) is 0 Å². The first-order valence-corrected chi connectivity index (χ1v) is 5.67. The van der Waals surface area contributed by atoms with Crippen molar-refractivity contribution in [3.05, 3.63) is 36.0 Å². The van der Waals surface area contributed by atoms with Gasteiger partial charge in [-0.15, -0.1) is 0 Å². The third kappa shape index (κ3) is 2.74. The summed E-state index contributed by atoms with van der Waals surface area (Å²) >= 11 is 0. The molecule has 0 radical (unpaired) electrons. The van der Waals surface area contributed by atoms with Crippen LogP contribution in [0.2, 0.25) is 0 Å². The van der Waals surface area contributed by atoms with Gasteiger partial charge in [-0.25, -0.2) is 0 Å². The zero-order valence-corrected chi connectivity index (χ0v) is 10.8. The van der Waals surface area contributed by atoms with Crippen LogP contribution in [0.1, 0.15) is 5.56 Å². The van der Waals surface area contributed by atoms with Crippen LogP contribution >= 0.6 is 0 Å². The summed E-state index contributed by atoms with van der Waals surface area (Å²) in [4.78, 5) is 0. The van der Waals surface area contributed by atoms with Crippen molar-refractivity contribution in [1.82, 2.24) is 9.78 Å². The molecule has 0 bridgehead atoms. The Balaban J connectivity index is 2.08. The number of ether oxygens (including phenoxy) is 2. The highest BCUT2D eigenvalue weighted by atomic mass is 16.5. The number of nitrogens with zero attached hydrogens (tertiary/aromatic N) is 2. The van der Waals surface area contributed by atoms with E-state index in [1.165, 1.54) is 0 Å². The van der Waals surface area contributed by atoms with Crippen molar-refractivity contribution >= 4 is 5.82 Å². The summed E-state index contributed by atoms with van der Waals surface area (Å²) in [5.74, 6) is 2.43. The quantitative estimate of drug-likeness (QED) is 0.878. The van der Waals surface area contributed by atoms with Crippen LogP contribution in [-0.2, 0) is 13.6 Å². The summed E-state index contributed by atoms with van der Waals surface area (Å²) in [7, 11) is 5.18. The van der Waals surface area contributed by atoms with Crippen molar-refractivity contribution in [2.75, 3.05) is 19.5 Å². The fourth-order valence-electron chi connectivity index (χ4n) is 1.69. The Morgan fingerprint density at radius 3 is 2.67 bits per heavy atom. The summed E-state index contributed by atoms with van der Waals surface area (Å²) in [5.41, 5.74) is 1.06. The van der Waals surface area contributed by atoms with Gasteiger partial charge in [0.05, 0.1) is 14.2 Å². The summed E-state index contributed by atoms with van der Waals surface area (Å²) < 4.78 is 12.3. The molecule has 5 heteroatoms. The molecule has 0 saturated heterocycles. The number of hydrogen-bond acceptors (Lipinski definition) is 4. The fraction of sp³-hybridized carbons (Fsp3) is 0.308. The molecule has 1 heterocycles. The molecule has 1 aromatic carbocycles. The van der Waals surface area contributed by atoms with Gasteiger partial charge in [0.1, 0.15) is 17.3 Å². The van der Waals surface area contributed by atoms with E-state index < -0.39 is 0 Å². The van der Waals surface area contributed by atoms with E-state index >= 15 is 0 Å². The zero-order chi connectivity index (χ0) is 13.0. The number of aryl methyl sites for hydroxylation is 1. The standard InChI is InChI=1S/C13H17N3O2/c1-16-7-6-13(15-16)14-9-10-4-5-11(17-2)8-12(10)18-3/h4-8H,9H2,1-3H3,(H,14,15). The average Bonchev–Trinajstić information content (AvgIpc) is 2.82. The second kappa shape index (κ2) is 5.44. The minimum absolute atomic E-state index is 0.657. The molecule has 2 rings (SSSR count). The lowest BCUT2D eigenvalue weighted by atomic mass is 10.2. The highest BCUT2D eigenvalue weighted by Crippen LogP contribution is 2.25. The molecular weight excluding hydrogens is 230 g/mol. The monoisotopic (exact) mass is 247 g/mol. The van der Waals surface area contributed by atoms with Crippen molar-refractivity contribution in [3.8, 4) is 11.5 Å². The third-order valence-electron chi connectivity index (χ3n) is 2.67. The molecule has 5 nitrogen and oxygen atoms in total. The van der Waals surface area contributed by atoms with Crippen molar-refractivity contribution < 1.29 is 9.47 Å². The number of methoxy groups -OCH3 is 2. The smallest absolute Gasteiger partial charge is 0.148 e. The molecule has 0 unspecified atom stereocenters. The van der Waals surface area contributed by atoms with Crippen molar-refractivity contribution in [3.63, 3.8) is 0 Å². The minimum Gasteiger partial charge on any atom is -0.497 e. The predicted molar refractivity (Wildman–Crippen MR) is 70.1 cm³/mol. The largest absolute Gasteiger partial charge is 0.497 e. The first kappa shape index (κ1) is 12.3. The summed E-state index contributed by atoms with van der Waals surface area (Å²) in [6, 6.07) is 7.69. The number of rotatable bonds is 5. The molecule has 2 aromatic rings. The van der Waals surface area contributed by atoms with Crippen LogP contribution in [0, 0.1) is 0 Å². The van der Waals surface area contributed by atoms with Gasteiger partial charge in [0, 0.05) is 37.5 Å². The lowest BCUT2D eigenvalue weighted by molar-refractivity contribution is 0.391. The Bertz CT molecular complexity index is 523. The van der Waals surface area contributed by atoms with Crippen LogP contribution in [-0.4, -0.2) is 24.0 Å². The van der Waals surface area contributed by atoms with E-state index in [1.54, 1.807) is 18.9 Å². The maximum atomic E-state index is 5.34. The van der Waals surface area contributed by atoms with Crippen molar-refractivity contribution in [2.24, 2.45) is 7.05 Å². The lowest BCUT2D eigenvalue weighted by Gasteiger charge is -2.10. The normalized spacial score (nSPS) is 10.2. The second-order valence-electron chi connectivity index (χ2n) is 3.91. The predicted octanol–water partition coefficient (Wildman–Crippen LogP) is 2.05. The van der Waals surface area contributed by atoms with E-state index in [1.807, 2.05) is 37.5 Å². The molecule has 0 aliphatic heterocycles. The van der Waals surface area contributed by atoms with Gasteiger partial charge in [-0.3, -0.25) is 4.68 Å². The van der Waals surface area contributed by atoms with Crippen LogP contribution in [0.15, 0.2) is 30.5 Å². The number of hydrogen-bond donors (Lipinski definition) is 1. The van der Waals surface area contributed by atoms with E-state index in [0.29, 0.717) is 6.54 Å². The Hall–Kier alpha value is -2.17. The highest BCUT2D eigenvalue weighted by molar-refractivity contribution is 5.43. The van der Waals surface area contributed by atoms with E-state index in [4.69, 9.17) is 9.47 Å². The molecule has 0 spiro atoms. The Morgan fingerprint density at radius 1 is 1.22 bits per heavy atom. The molecule has 96 valence electrons. The highest BCUT2D eigenvalue weighted by Gasteiger charge is 2.05. The lowest BCUT2D eigenvalue weighted by Crippen LogP contribution is -2.03. The average molecular weight is 247 g/mol. The number of aromatic nitrogens is 2. The molecule has 1 N–H and O–H groups in total. The Morgan fingerprint density at radius 2 is 2.06 bits per heavy atom. The number of nitrogens with one attached hydrogen (secondary N) is 1. The summed E-state index contributed by atoms with van der Waals surface area (Å²) in [6.45, 7) is 0.657. The molecule has 18 heavy (non-hydrogen) atoms. The fourth-order valence-corrected chi connectivity index (χ4v) is 1.69. The topological polar surface area (TPSA) is 48.3 Å². The Labute approximate surface area is 106 Å². The van der Waals surface area contributed by atoms with Gasteiger partial charge in [-0.1, -0.05) is 0 Å². The maximum Gasteiger partial charge on any atom is 0.148 e. The molecule has 1 aromatic heterocycles. The van der Waals surface area contributed by atoms with Gasteiger partial charge in [-0.2, -0.15) is 5.10 Å². The first-order valence-electron chi connectivity index (χ1n) is 5.67. The van der Waals surface area contributed by atoms with Gasteiger partial charge in [-0.05, 0) is 12.1 Å². The first-order chi connectivity index (χ1) is 8.72. The van der Waals surface area contributed by atoms with E-state index in [0.717, 1.165) is 22.9 Å². The molecule has 0 amide bonds. The Kier molecular flexibility index (Phi) is 3.72.